The largest absolute Gasteiger partial charge is 0.452 e. The van der Waals surface area contributed by atoms with Crippen LogP contribution in [0.2, 0.25) is 0 Å². The zero-order chi connectivity index (χ0) is 19.5. The first-order valence-electron chi connectivity index (χ1n) is 9.57. The van der Waals surface area contributed by atoms with E-state index < -0.39 is 11.9 Å². The summed E-state index contributed by atoms with van der Waals surface area (Å²) in [5.41, 5.74) is 2.66. The first kappa shape index (κ1) is 18.7. The molecule has 1 aromatic carbocycles. The lowest BCUT2D eigenvalue weighted by atomic mass is 9.96. The van der Waals surface area contributed by atoms with Gasteiger partial charge in [0.2, 0.25) is 0 Å². The van der Waals surface area contributed by atoms with Crippen molar-refractivity contribution in [2.24, 2.45) is 0 Å². The quantitative estimate of drug-likeness (QED) is 0.731. The first-order chi connectivity index (χ1) is 13.6. The fourth-order valence-electron chi connectivity index (χ4n) is 3.31. The molecule has 4 rings (SSSR count). The van der Waals surface area contributed by atoms with Crippen molar-refractivity contribution in [3.8, 4) is 0 Å². The van der Waals surface area contributed by atoms with Crippen LogP contribution in [0.5, 0.6) is 0 Å². The van der Waals surface area contributed by atoms with E-state index in [-0.39, 0.29) is 18.6 Å². The van der Waals surface area contributed by atoms with Crippen LogP contribution in [-0.4, -0.2) is 30.4 Å². The molecule has 28 heavy (non-hydrogen) atoms. The molecule has 0 unspecified atom stereocenters. The highest BCUT2D eigenvalue weighted by molar-refractivity contribution is 7.10. The number of hydrogen-bond acceptors (Lipinski definition) is 5. The molecular formula is C21H22N2O4S. The second-order valence-electron chi connectivity index (χ2n) is 7.21. The third-order valence-electron chi connectivity index (χ3n) is 4.94. The van der Waals surface area contributed by atoms with E-state index in [0.717, 1.165) is 44.1 Å². The fourth-order valence-corrected chi connectivity index (χ4v) is 4.42. The number of aryl methyl sites for hydroxylation is 1. The number of thiophene rings is 1. The Hall–Kier alpha value is -2.67. The molecule has 7 heteroatoms. The minimum atomic E-state index is -0.452. The summed E-state index contributed by atoms with van der Waals surface area (Å²) in [5.74, 6) is -1.03. The van der Waals surface area contributed by atoms with Crippen molar-refractivity contribution in [3.63, 3.8) is 0 Å². The van der Waals surface area contributed by atoms with Crippen molar-refractivity contribution in [1.29, 1.82) is 0 Å². The van der Waals surface area contributed by atoms with Gasteiger partial charge in [0.05, 0.1) is 5.56 Å². The van der Waals surface area contributed by atoms with Crippen molar-refractivity contribution < 1.29 is 19.1 Å². The van der Waals surface area contributed by atoms with Gasteiger partial charge in [-0.3, -0.25) is 9.59 Å². The molecule has 6 nitrogen and oxygen atoms in total. The van der Waals surface area contributed by atoms with Crippen LogP contribution >= 0.6 is 11.3 Å². The van der Waals surface area contributed by atoms with Gasteiger partial charge >= 0.3 is 5.97 Å². The Morgan fingerprint density at radius 2 is 1.96 bits per heavy atom. The third-order valence-corrected chi connectivity index (χ3v) is 6.03. The molecule has 0 aliphatic heterocycles. The molecule has 1 heterocycles. The first-order valence-corrected chi connectivity index (χ1v) is 10.5. The molecule has 0 atom stereocenters. The number of carbonyl (C=O) groups is 3. The number of carbonyl (C=O) groups excluding carboxylic acids is 3. The molecule has 1 saturated carbocycles. The Kier molecular flexibility index (Phi) is 5.43. The summed E-state index contributed by atoms with van der Waals surface area (Å²) in [6.45, 7) is -0.359. The Morgan fingerprint density at radius 1 is 1.14 bits per heavy atom. The molecule has 1 fully saturated rings. The maximum absolute atomic E-state index is 12.3. The highest BCUT2D eigenvalue weighted by Crippen LogP contribution is 2.30. The monoisotopic (exact) mass is 398 g/mol. The summed E-state index contributed by atoms with van der Waals surface area (Å²) in [6.07, 6.45) is 6.17. The Labute approximate surface area is 167 Å². The van der Waals surface area contributed by atoms with E-state index >= 15 is 0 Å². The molecule has 146 valence electrons. The smallest absolute Gasteiger partial charge is 0.339 e. The third kappa shape index (κ3) is 4.42. The van der Waals surface area contributed by atoms with E-state index in [9.17, 15) is 14.4 Å². The summed E-state index contributed by atoms with van der Waals surface area (Å²) >= 11 is 1.59. The summed E-state index contributed by atoms with van der Waals surface area (Å²) in [5, 5.41) is 7.42. The van der Waals surface area contributed by atoms with Crippen LogP contribution in [0.4, 0.5) is 5.69 Å². The maximum atomic E-state index is 12.3. The number of ether oxygens (including phenoxy) is 1. The fraction of sp³-hybridized carbons (Fsp3) is 0.381. The number of fused-ring (bicyclic) bond motifs is 1. The van der Waals surface area contributed by atoms with Gasteiger partial charge in [-0.15, -0.1) is 11.3 Å². The van der Waals surface area contributed by atoms with Gasteiger partial charge in [-0.1, -0.05) is 6.07 Å². The van der Waals surface area contributed by atoms with Gasteiger partial charge in [0.25, 0.3) is 11.8 Å². The number of rotatable bonds is 6. The van der Waals surface area contributed by atoms with Crippen molar-refractivity contribution in [1.82, 2.24) is 5.32 Å². The van der Waals surface area contributed by atoms with E-state index in [1.54, 1.807) is 35.6 Å². The number of nitrogens with one attached hydrogen (secondary N) is 2. The highest BCUT2D eigenvalue weighted by Gasteiger charge is 2.24. The van der Waals surface area contributed by atoms with Crippen molar-refractivity contribution in [3.05, 3.63) is 51.2 Å². The van der Waals surface area contributed by atoms with E-state index in [2.05, 4.69) is 10.6 Å². The standard InChI is InChI=1S/C21H22N2O4S/c24-19(11-27-21(26)17-12-28-18-7-2-1-6-16(17)18)22-15-5-3-4-13(10-15)20(25)23-14-8-9-14/h3-5,10,12,14H,1-2,6-9,11H2,(H,22,24)(H,23,25). The predicted octanol–water partition coefficient (Wildman–Crippen LogP) is 3.31. The lowest BCUT2D eigenvalue weighted by molar-refractivity contribution is -0.119. The molecule has 0 radical (unpaired) electrons. The van der Waals surface area contributed by atoms with Crippen LogP contribution in [0, 0.1) is 0 Å². The average molecular weight is 398 g/mol. The topological polar surface area (TPSA) is 84.5 Å². The molecule has 0 saturated heterocycles. The molecule has 2 amide bonds. The van der Waals surface area contributed by atoms with E-state index in [1.807, 2.05) is 5.38 Å². The Bertz CT molecular complexity index is 917. The molecule has 2 aliphatic rings. The SMILES string of the molecule is O=C(COC(=O)c1csc2c1CCCC2)Nc1cccc(C(=O)NC2CC2)c1. The van der Waals surface area contributed by atoms with Crippen LogP contribution in [0.25, 0.3) is 0 Å². The average Bonchev–Trinajstić information content (AvgIpc) is 3.41. The zero-order valence-corrected chi connectivity index (χ0v) is 16.3. The second kappa shape index (κ2) is 8.14. The maximum Gasteiger partial charge on any atom is 0.339 e. The predicted molar refractivity (Wildman–Crippen MR) is 107 cm³/mol. The van der Waals surface area contributed by atoms with Crippen LogP contribution in [0.3, 0.4) is 0 Å². The summed E-state index contributed by atoms with van der Waals surface area (Å²) in [7, 11) is 0. The Morgan fingerprint density at radius 3 is 2.79 bits per heavy atom. The van der Waals surface area contributed by atoms with Gasteiger partial charge < -0.3 is 15.4 Å². The molecule has 0 spiro atoms. The minimum absolute atomic E-state index is 0.146. The van der Waals surface area contributed by atoms with Crippen molar-refractivity contribution in [2.45, 2.75) is 44.6 Å². The Balaban J connectivity index is 1.31. The molecule has 1 aromatic heterocycles. The summed E-state index contributed by atoms with van der Waals surface area (Å²) in [4.78, 5) is 37.9. The number of benzene rings is 1. The normalized spacial score (nSPS) is 15.4. The van der Waals surface area contributed by atoms with Crippen molar-refractivity contribution in [2.75, 3.05) is 11.9 Å². The zero-order valence-electron chi connectivity index (χ0n) is 15.5. The number of hydrogen-bond donors (Lipinski definition) is 2. The van der Waals surface area contributed by atoms with Crippen LogP contribution in [-0.2, 0) is 22.4 Å². The van der Waals surface area contributed by atoms with Gasteiger partial charge in [0.1, 0.15) is 0 Å². The summed E-state index contributed by atoms with van der Waals surface area (Å²) < 4.78 is 5.20. The molecule has 2 aromatic rings. The van der Waals surface area contributed by atoms with Crippen LogP contribution in [0.15, 0.2) is 29.6 Å². The lowest BCUT2D eigenvalue weighted by Gasteiger charge is -2.12. The van der Waals surface area contributed by atoms with Gasteiger partial charge in [-0.05, 0) is 62.3 Å². The van der Waals surface area contributed by atoms with E-state index in [1.165, 1.54) is 4.88 Å². The van der Waals surface area contributed by atoms with Crippen LogP contribution in [0.1, 0.15) is 56.8 Å². The van der Waals surface area contributed by atoms with Gasteiger partial charge in [-0.2, -0.15) is 0 Å². The highest BCUT2D eigenvalue weighted by atomic mass is 32.1. The number of amides is 2. The van der Waals surface area contributed by atoms with Crippen molar-refractivity contribution >= 4 is 34.8 Å². The van der Waals surface area contributed by atoms with Gasteiger partial charge in [-0.25, -0.2) is 4.79 Å². The van der Waals surface area contributed by atoms with Gasteiger partial charge in [0.15, 0.2) is 6.61 Å². The minimum Gasteiger partial charge on any atom is -0.452 e. The molecule has 0 bridgehead atoms. The molecule has 2 aliphatic carbocycles. The van der Waals surface area contributed by atoms with E-state index in [0.29, 0.717) is 16.8 Å². The second-order valence-corrected chi connectivity index (χ2v) is 8.18. The van der Waals surface area contributed by atoms with Crippen LogP contribution < -0.4 is 10.6 Å². The van der Waals surface area contributed by atoms with Gasteiger partial charge in [0, 0.05) is 27.5 Å². The molecule has 2 N–H and O–H groups in total. The number of esters is 1. The molecular weight excluding hydrogens is 376 g/mol. The lowest BCUT2D eigenvalue weighted by Crippen LogP contribution is -2.25. The van der Waals surface area contributed by atoms with E-state index in [4.69, 9.17) is 4.74 Å². The summed E-state index contributed by atoms with van der Waals surface area (Å²) in [6, 6.07) is 7.00. The number of anilines is 1.